The van der Waals surface area contributed by atoms with Gasteiger partial charge in [-0.25, -0.2) is 0 Å². The molecule has 17 heavy (non-hydrogen) atoms. The molecule has 2 aliphatic rings. The van der Waals surface area contributed by atoms with Crippen LogP contribution in [0.1, 0.15) is 65.7 Å². The second kappa shape index (κ2) is 6.22. The highest BCUT2D eigenvalue weighted by molar-refractivity contribution is 4.88. The third-order valence-corrected chi connectivity index (χ3v) is 4.72. The Hall–Kier alpha value is -0.0400. The predicted molar refractivity (Wildman–Crippen MR) is 75.1 cm³/mol. The SMILES string of the molecule is CCCNC(CC1CC1)C1CC(C)CC(C)C1. The van der Waals surface area contributed by atoms with E-state index in [1.807, 2.05) is 0 Å². The summed E-state index contributed by atoms with van der Waals surface area (Å²) in [5, 5.41) is 3.85. The molecular formula is C16H31N. The van der Waals surface area contributed by atoms with Crippen LogP contribution in [0.2, 0.25) is 0 Å². The van der Waals surface area contributed by atoms with Crippen LogP contribution >= 0.6 is 0 Å². The highest BCUT2D eigenvalue weighted by Gasteiger charge is 2.33. The summed E-state index contributed by atoms with van der Waals surface area (Å²) in [6.07, 6.45) is 10.1. The highest BCUT2D eigenvalue weighted by atomic mass is 14.9. The lowest BCUT2D eigenvalue weighted by Crippen LogP contribution is -2.40. The fourth-order valence-electron chi connectivity index (χ4n) is 3.82. The van der Waals surface area contributed by atoms with E-state index in [1.165, 1.54) is 51.5 Å². The van der Waals surface area contributed by atoms with Crippen LogP contribution in [-0.2, 0) is 0 Å². The quantitative estimate of drug-likeness (QED) is 0.729. The second-order valence-electron chi connectivity index (χ2n) is 6.92. The molecule has 0 spiro atoms. The van der Waals surface area contributed by atoms with Gasteiger partial charge in [0.15, 0.2) is 0 Å². The van der Waals surface area contributed by atoms with Crippen LogP contribution in [0.3, 0.4) is 0 Å². The van der Waals surface area contributed by atoms with Gasteiger partial charge in [-0.1, -0.05) is 33.6 Å². The number of rotatable bonds is 6. The molecule has 0 radical (unpaired) electrons. The fraction of sp³-hybridized carbons (Fsp3) is 1.00. The van der Waals surface area contributed by atoms with Crippen LogP contribution in [0.25, 0.3) is 0 Å². The smallest absolute Gasteiger partial charge is 0.00981 e. The molecule has 1 heteroatoms. The summed E-state index contributed by atoms with van der Waals surface area (Å²) in [5.74, 6) is 3.93. The van der Waals surface area contributed by atoms with Gasteiger partial charge in [-0.3, -0.25) is 0 Å². The minimum absolute atomic E-state index is 0.827. The summed E-state index contributed by atoms with van der Waals surface area (Å²) in [7, 11) is 0. The molecule has 100 valence electrons. The maximum atomic E-state index is 3.85. The van der Waals surface area contributed by atoms with E-state index < -0.39 is 0 Å². The van der Waals surface area contributed by atoms with Crippen molar-refractivity contribution < 1.29 is 0 Å². The molecule has 0 aromatic carbocycles. The molecule has 2 fully saturated rings. The summed E-state index contributed by atoms with van der Waals surface area (Å²) >= 11 is 0. The third kappa shape index (κ3) is 4.28. The Balaban J connectivity index is 1.87. The summed E-state index contributed by atoms with van der Waals surface area (Å²) in [6.45, 7) is 8.41. The van der Waals surface area contributed by atoms with Crippen molar-refractivity contribution >= 4 is 0 Å². The van der Waals surface area contributed by atoms with E-state index in [0.29, 0.717) is 0 Å². The monoisotopic (exact) mass is 237 g/mol. The number of hydrogen-bond acceptors (Lipinski definition) is 1. The first-order chi connectivity index (χ1) is 8.19. The number of hydrogen-bond donors (Lipinski definition) is 1. The van der Waals surface area contributed by atoms with Gasteiger partial charge in [-0.2, -0.15) is 0 Å². The largest absolute Gasteiger partial charge is 0.314 e. The molecule has 0 aliphatic heterocycles. The lowest BCUT2D eigenvalue weighted by atomic mass is 9.73. The Morgan fingerprint density at radius 3 is 2.24 bits per heavy atom. The zero-order valence-corrected chi connectivity index (χ0v) is 12.0. The molecule has 2 rings (SSSR count). The Bertz CT molecular complexity index is 212. The summed E-state index contributed by atoms with van der Waals surface area (Å²) in [6, 6.07) is 0.827. The Kier molecular flexibility index (Phi) is 4.90. The van der Waals surface area contributed by atoms with Gasteiger partial charge in [0.25, 0.3) is 0 Å². The molecule has 3 unspecified atom stereocenters. The van der Waals surface area contributed by atoms with Crippen molar-refractivity contribution in [1.82, 2.24) is 5.32 Å². The topological polar surface area (TPSA) is 12.0 Å². The van der Waals surface area contributed by atoms with Crippen molar-refractivity contribution in [1.29, 1.82) is 0 Å². The van der Waals surface area contributed by atoms with E-state index in [4.69, 9.17) is 0 Å². The zero-order chi connectivity index (χ0) is 12.3. The van der Waals surface area contributed by atoms with Crippen LogP contribution in [0.15, 0.2) is 0 Å². The van der Waals surface area contributed by atoms with E-state index >= 15 is 0 Å². The molecule has 2 saturated carbocycles. The second-order valence-corrected chi connectivity index (χ2v) is 6.92. The normalized spacial score (nSPS) is 35.8. The number of nitrogens with one attached hydrogen (secondary N) is 1. The molecule has 1 N–H and O–H groups in total. The standard InChI is InChI=1S/C16H31N/c1-4-7-17-16(11-14-5-6-14)15-9-12(2)8-13(3)10-15/h12-17H,4-11H2,1-3H3. The van der Waals surface area contributed by atoms with Gasteiger partial charge < -0.3 is 5.32 Å². The zero-order valence-electron chi connectivity index (χ0n) is 12.0. The van der Waals surface area contributed by atoms with Crippen LogP contribution in [0.4, 0.5) is 0 Å². The van der Waals surface area contributed by atoms with Gasteiger partial charge >= 0.3 is 0 Å². The predicted octanol–water partition coefficient (Wildman–Crippen LogP) is 4.23. The van der Waals surface area contributed by atoms with Crippen LogP contribution in [0.5, 0.6) is 0 Å². The average Bonchev–Trinajstić information content (AvgIpc) is 3.06. The van der Waals surface area contributed by atoms with E-state index in [0.717, 1.165) is 29.7 Å². The minimum atomic E-state index is 0.827. The third-order valence-electron chi connectivity index (χ3n) is 4.72. The van der Waals surface area contributed by atoms with Crippen LogP contribution in [0, 0.1) is 23.7 Å². The summed E-state index contributed by atoms with van der Waals surface area (Å²) < 4.78 is 0. The van der Waals surface area contributed by atoms with E-state index in [2.05, 4.69) is 26.1 Å². The van der Waals surface area contributed by atoms with Gasteiger partial charge in [0.2, 0.25) is 0 Å². The molecule has 2 aliphatic carbocycles. The first-order valence-electron chi connectivity index (χ1n) is 7.92. The highest BCUT2D eigenvalue weighted by Crippen LogP contribution is 2.40. The first kappa shape index (κ1) is 13.4. The van der Waals surface area contributed by atoms with Crippen LogP contribution in [-0.4, -0.2) is 12.6 Å². The first-order valence-corrected chi connectivity index (χ1v) is 7.92. The fourth-order valence-corrected chi connectivity index (χ4v) is 3.82. The molecule has 3 atom stereocenters. The van der Waals surface area contributed by atoms with Crippen molar-refractivity contribution in [3.8, 4) is 0 Å². The van der Waals surface area contributed by atoms with Gasteiger partial charge in [-0.05, 0) is 62.3 Å². The summed E-state index contributed by atoms with van der Waals surface area (Å²) in [5.41, 5.74) is 0. The van der Waals surface area contributed by atoms with Crippen molar-refractivity contribution in [2.75, 3.05) is 6.54 Å². The van der Waals surface area contributed by atoms with Crippen LogP contribution < -0.4 is 5.32 Å². The van der Waals surface area contributed by atoms with Crippen molar-refractivity contribution in [3.05, 3.63) is 0 Å². The molecule has 0 amide bonds. The van der Waals surface area contributed by atoms with Gasteiger partial charge in [-0.15, -0.1) is 0 Å². The Morgan fingerprint density at radius 2 is 1.71 bits per heavy atom. The van der Waals surface area contributed by atoms with Gasteiger partial charge in [0, 0.05) is 6.04 Å². The molecule has 0 saturated heterocycles. The van der Waals surface area contributed by atoms with Gasteiger partial charge in [0.1, 0.15) is 0 Å². The maximum absolute atomic E-state index is 3.85. The van der Waals surface area contributed by atoms with Crippen molar-refractivity contribution in [2.24, 2.45) is 23.7 Å². The minimum Gasteiger partial charge on any atom is -0.314 e. The maximum Gasteiger partial charge on any atom is 0.00981 e. The van der Waals surface area contributed by atoms with E-state index in [9.17, 15) is 0 Å². The van der Waals surface area contributed by atoms with E-state index in [1.54, 1.807) is 0 Å². The van der Waals surface area contributed by atoms with E-state index in [-0.39, 0.29) is 0 Å². The van der Waals surface area contributed by atoms with Gasteiger partial charge in [0.05, 0.1) is 0 Å². The molecule has 1 nitrogen and oxygen atoms in total. The molecular weight excluding hydrogens is 206 g/mol. The Labute approximate surface area is 108 Å². The molecule has 0 heterocycles. The average molecular weight is 237 g/mol. The summed E-state index contributed by atoms with van der Waals surface area (Å²) in [4.78, 5) is 0. The Morgan fingerprint density at radius 1 is 1.06 bits per heavy atom. The van der Waals surface area contributed by atoms with Crippen molar-refractivity contribution in [3.63, 3.8) is 0 Å². The lowest BCUT2D eigenvalue weighted by molar-refractivity contribution is 0.168. The lowest BCUT2D eigenvalue weighted by Gasteiger charge is -2.37. The molecule has 0 aromatic rings. The molecule has 0 bridgehead atoms. The molecule has 0 aromatic heterocycles. The van der Waals surface area contributed by atoms with Crippen molar-refractivity contribution in [2.45, 2.75) is 71.8 Å².